The summed E-state index contributed by atoms with van der Waals surface area (Å²) >= 11 is 0. The Hall–Kier alpha value is -4.59. The normalized spacial score (nSPS) is 10.9. The highest BCUT2D eigenvalue weighted by Crippen LogP contribution is 2.37. The van der Waals surface area contributed by atoms with Gasteiger partial charge in [-0.25, -0.2) is 0 Å². The fraction of sp³-hybridized carbons (Fsp3) is 0.115. The Morgan fingerprint density at radius 3 is 2.50 bits per heavy atom. The van der Waals surface area contributed by atoms with Crippen molar-refractivity contribution >= 4 is 33.3 Å². The van der Waals surface area contributed by atoms with E-state index in [9.17, 15) is 4.79 Å². The van der Waals surface area contributed by atoms with E-state index in [1.54, 1.807) is 39.5 Å². The van der Waals surface area contributed by atoms with Gasteiger partial charge in [-0.15, -0.1) is 0 Å². The molecule has 2 heterocycles. The molecule has 3 aromatic carbocycles. The predicted molar refractivity (Wildman–Crippen MR) is 128 cm³/mol. The monoisotopic (exact) mass is 455 g/mol. The number of nitrogens with one attached hydrogen (secondary N) is 1. The van der Waals surface area contributed by atoms with Gasteiger partial charge in [-0.3, -0.25) is 9.78 Å². The number of hydrogen-bond acceptors (Lipinski definition) is 7. The van der Waals surface area contributed by atoms with Gasteiger partial charge in [0.15, 0.2) is 17.2 Å². The number of carbonyl (C=O) groups excluding carboxylic acids is 1. The quantitative estimate of drug-likeness (QED) is 0.348. The van der Waals surface area contributed by atoms with Crippen LogP contribution in [0.1, 0.15) is 16.2 Å². The molecular formula is C26H21N3O5. The van der Waals surface area contributed by atoms with Crippen LogP contribution in [0, 0.1) is 6.92 Å². The number of anilines is 1. The van der Waals surface area contributed by atoms with Crippen molar-refractivity contribution < 1.29 is 23.5 Å². The predicted octanol–water partition coefficient (Wildman–Crippen LogP) is 5.75. The maximum atomic E-state index is 12.5. The lowest BCUT2D eigenvalue weighted by Gasteiger charge is -2.13. The van der Waals surface area contributed by atoms with Gasteiger partial charge in [0, 0.05) is 34.8 Å². The fourth-order valence-corrected chi connectivity index (χ4v) is 3.76. The number of aromatic nitrogens is 2. The number of carbonyl (C=O) groups is 1. The van der Waals surface area contributed by atoms with Crippen molar-refractivity contribution in [2.75, 3.05) is 19.5 Å². The molecule has 170 valence electrons. The van der Waals surface area contributed by atoms with Crippen LogP contribution in [0.25, 0.3) is 21.7 Å². The van der Waals surface area contributed by atoms with Gasteiger partial charge in [0.25, 0.3) is 5.91 Å². The van der Waals surface area contributed by atoms with Gasteiger partial charge in [-0.2, -0.15) is 0 Å². The van der Waals surface area contributed by atoms with Crippen LogP contribution in [0.5, 0.6) is 23.0 Å². The fourth-order valence-electron chi connectivity index (χ4n) is 3.76. The molecule has 0 bridgehead atoms. The van der Waals surface area contributed by atoms with E-state index in [1.807, 2.05) is 48.5 Å². The van der Waals surface area contributed by atoms with Gasteiger partial charge in [0.2, 0.25) is 0 Å². The molecule has 0 saturated carbocycles. The zero-order valence-corrected chi connectivity index (χ0v) is 18.8. The minimum absolute atomic E-state index is 0.228. The first-order chi connectivity index (χ1) is 16.6. The van der Waals surface area contributed by atoms with E-state index in [-0.39, 0.29) is 11.6 Å². The third-order valence-corrected chi connectivity index (χ3v) is 5.40. The Morgan fingerprint density at radius 2 is 1.74 bits per heavy atom. The van der Waals surface area contributed by atoms with Gasteiger partial charge >= 0.3 is 0 Å². The number of benzene rings is 3. The summed E-state index contributed by atoms with van der Waals surface area (Å²) in [4.78, 5) is 16.9. The molecule has 1 amide bonds. The number of fused-ring (bicyclic) bond motifs is 2. The van der Waals surface area contributed by atoms with E-state index in [0.717, 1.165) is 21.7 Å². The number of aryl methyl sites for hydroxylation is 1. The van der Waals surface area contributed by atoms with Crippen LogP contribution in [0.15, 0.2) is 71.4 Å². The van der Waals surface area contributed by atoms with Gasteiger partial charge in [0.1, 0.15) is 17.3 Å². The summed E-state index contributed by atoms with van der Waals surface area (Å²) in [6.45, 7) is 1.74. The van der Waals surface area contributed by atoms with E-state index < -0.39 is 0 Å². The van der Waals surface area contributed by atoms with Crippen LogP contribution in [0.3, 0.4) is 0 Å². The van der Waals surface area contributed by atoms with E-state index in [4.69, 9.17) is 18.7 Å². The summed E-state index contributed by atoms with van der Waals surface area (Å²) in [6, 6.07) is 18.4. The number of amides is 1. The molecule has 0 aliphatic carbocycles. The van der Waals surface area contributed by atoms with Crippen molar-refractivity contribution in [3.05, 3.63) is 78.3 Å². The maximum absolute atomic E-state index is 12.5. The van der Waals surface area contributed by atoms with E-state index >= 15 is 0 Å². The summed E-state index contributed by atoms with van der Waals surface area (Å²) in [7, 11) is 3.17. The lowest BCUT2D eigenvalue weighted by atomic mass is 10.1. The van der Waals surface area contributed by atoms with Gasteiger partial charge in [-0.1, -0.05) is 17.3 Å². The van der Waals surface area contributed by atoms with Crippen molar-refractivity contribution in [2.45, 2.75) is 6.92 Å². The molecule has 34 heavy (non-hydrogen) atoms. The second kappa shape index (κ2) is 8.74. The molecule has 0 fully saturated rings. The molecular weight excluding hydrogens is 434 g/mol. The van der Waals surface area contributed by atoms with Gasteiger partial charge < -0.3 is 24.1 Å². The van der Waals surface area contributed by atoms with Crippen molar-refractivity contribution in [3.63, 3.8) is 0 Å². The smallest absolute Gasteiger partial charge is 0.277 e. The van der Waals surface area contributed by atoms with E-state index in [2.05, 4.69) is 15.5 Å². The topological polar surface area (TPSA) is 95.7 Å². The Labute approximate surface area is 195 Å². The largest absolute Gasteiger partial charge is 0.493 e. The number of nitrogens with zero attached hydrogens (tertiary/aromatic N) is 2. The Balaban J connectivity index is 1.46. The third-order valence-electron chi connectivity index (χ3n) is 5.40. The molecule has 0 saturated heterocycles. The minimum Gasteiger partial charge on any atom is -0.493 e. The van der Waals surface area contributed by atoms with E-state index in [0.29, 0.717) is 34.4 Å². The summed E-state index contributed by atoms with van der Waals surface area (Å²) in [5, 5.41) is 9.24. The summed E-state index contributed by atoms with van der Waals surface area (Å²) < 4.78 is 22.0. The number of ether oxygens (including phenoxy) is 3. The summed E-state index contributed by atoms with van der Waals surface area (Å²) in [5.41, 5.74) is 1.62. The second-order valence-corrected chi connectivity index (χ2v) is 7.60. The maximum Gasteiger partial charge on any atom is 0.277 e. The zero-order chi connectivity index (χ0) is 23.7. The first-order valence-corrected chi connectivity index (χ1v) is 10.5. The Kier molecular flexibility index (Phi) is 5.47. The van der Waals surface area contributed by atoms with Crippen molar-refractivity contribution in [1.82, 2.24) is 10.1 Å². The highest BCUT2D eigenvalue weighted by molar-refractivity contribution is 6.08. The highest BCUT2D eigenvalue weighted by atomic mass is 16.5. The van der Waals surface area contributed by atoms with Crippen LogP contribution < -0.4 is 19.5 Å². The van der Waals surface area contributed by atoms with Crippen molar-refractivity contribution in [3.8, 4) is 23.0 Å². The summed E-state index contributed by atoms with van der Waals surface area (Å²) in [6.07, 6.45) is 1.68. The van der Waals surface area contributed by atoms with Crippen molar-refractivity contribution in [1.29, 1.82) is 0 Å². The lowest BCUT2D eigenvalue weighted by molar-refractivity contribution is 0.101. The average molecular weight is 455 g/mol. The molecule has 2 aromatic heterocycles. The Morgan fingerprint density at radius 1 is 0.912 bits per heavy atom. The standard InChI is InChI=1S/C26H21N3O5/c1-15-11-22(29-34-15)26(30)28-20-6-4-5-16-12-17(7-8-18(16)20)33-23-9-10-27-21-14-25(32-3)24(31-2)13-19(21)23/h4-14H,1-3H3,(H,28,30). The van der Waals surface area contributed by atoms with Crippen LogP contribution in [0.4, 0.5) is 5.69 Å². The molecule has 0 aliphatic rings. The molecule has 1 N–H and O–H groups in total. The first kappa shape index (κ1) is 21.3. The SMILES string of the molecule is COc1cc2nccc(Oc3ccc4c(NC(=O)c5cc(C)on5)cccc4c3)c2cc1OC. The number of rotatable bonds is 6. The van der Waals surface area contributed by atoms with E-state index in [1.165, 1.54) is 0 Å². The molecule has 0 radical (unpaired) electrons. The van der Waals surface area contributed by atoms with Crippen molar-refractivity contribution in [2.24, 2.45) is 0 Å². The number of pyridine rings is 1. The average Bonchev–Trinajstić information content (AvgIpc) is 3.30. The molecule has 8 heteroatoms. The molecule has 5 rings (SSSR count). The number of hydrogen-bond donors (Lipinski definition) is 1. The van der Waals surface area contributed by atoms with Gasteiger partial charge in [-0.05, 0) is 48.7 Å². The van der Waals surface area contributed by atoms with Gasteiger partial charge in [0.05, 0.1) is 19.7 Å². The third kappa shape index (κ3) is 3.97. The Bertz CT molecular complexity index is 1530. The van der Waals surface area contributed by atoms with Crippen LogP contribution in [0.2, 0.25) is 0 Å². The molecule has 0 spiro atoms. The molecule has 0 unspecified atom stereocenters. The number of methoxy groups -OCH3 is 2. The van der Waals surface area contributed by atoms with Crippen LogP contribution in [-0.2, 0) is 0 Å². The van der Waals surface area contributed by atoms with Crippen LogP contribution in [-0.4, -0.2) is 30.3 Å². The minimum atomic E-state index is -0.336. The second-order valence-electron chi connectivity index (χ2n) is 7.60. The molecule has 0 atom stereocenters. The van der Waals surface area contributed by atoms with Crippen LogP contribution >= 0.6 is 0 Å². The zero-order valence-electron chi connectivity index (χ0n) is 18.8. The molecule has 0 aliphatic heterocycles. The highest BCUT2D eigenvalue weighted by Gasteiger charge is 2.14. The lowest BCUT2D eigenvalue weighted by Crippen LogP contribution is -2.12. The molecule has 8 nitrogen and oxygen atoms in total. The first-order valence-electron chi connectivity index (χ1n) is 10.5. The molecule has 5 aromatic rings. The summed E-state index contributed by atoms with van der Waals surface area (Å²) in [5.74, 6) is 2.71.